The number of benzene rings is 2. The van der Waals surface area contributed by atoms with Crippen molar-refractivity contribution in [3.63, 3.8) is 0 Å². The summed E-state index contributed by atoms with van der Waals surface area (Å²) in [5, 5.41) is 2.92. The Morgan fingerprint density at radius 3 is 2.21 bits per heavy atom. The number of hydrogen-bond acceptors (Lipinski definition) is 4. The lowest BCUT2D eigenvalue weighted by Gasteiger charge is -2.20. The summed E-state index contributed by atoms with van der Waals surface area (Å²) in [5.74, 6) is 1.92. The molecule has 2 aromatic rings. The first-order valence-electron chi connectivity index (χ1n) is 9.50. The van der Waals surface area contributed by atoms with E-state index < -0.39 is 6.10 Å². The number of methoxy groups -OCH3 is 2. The number of carbonyl (C=O) groups is 1. The van der Waals surface area contributed by atoms with Crippen molar-refractivity contribution in [3.8, 4) is 17.2 Å². The van der Waals surface area contributed by atoms with Crippen molar-refractivity contribution < 1.29 is 19.0 Å². The molecule has 1 amide bonds. The lowest BCUT2D eigenvalue weighted by atomic mass is 9.87. The van der Waals surface area contributed by atoms with Gasteiger partial charge in [0.1, 0.15) is 5.75 Å². The van der Waals surface area contributed by atoms with Crippen molar-refractivity contribution in [3.05, 3.63) is 53.6 Å². The van der Waals surface area contributed by atoms with E-state index in [0.717, 1.165) is 5.56 Å². The summed E-state index contributed by atoms with van der Waals surface area (Å²) in [6, 6.07) is 13.6. The molecule has 1 atom stereocenters. The van der Waals surface area contributed by atoms with Crippen LogP contribution in [0.15, 0.2) is 42.5 Å². The molecule has 0 aromatic heterocycles. The van der Waals surface area contributed by atoms with E-state index in [2.05, 4.69) is 26.1 Å². The van der Waals surface area contributed by atoms with E-state index in [1.54, 1.807) is 21.1 Å². The number of rotatable bonds is 8. The second kappa shape index (κ2) is 9.49. The molecule has 0 bridgehead atoms. The second-order valence-corrected chi connectivity index (χ2v) is 7.76. The molecule has 0 saturated carbocycles. The van der Waals surface area contributed by atoms with Crippen molar-refractivity contribution in [2.75, 3.05) is 20.8 Å². The highest BCUT2D eigenvalue weighted by molar-refractivity contribution is 5.80. The minimum atomic E-state index is -0.564. The smallest absolute Gasteiger partial charge is 0.260 e. The van der Waals surface area contributed by atoms with Crippen LogP contribution in [0, 0.1) is 0 Å². The highest BCUT2D eigenvalue weighted by Gasteiger charge is 2.16. The Morgan fingerprint density at radius 1 is 1.00 bits per heavy atom. The van der Waals surface area contributed by atoms with E-state index in [4.69, 9.17) is 14.2 Å². The first-order valence-corrected chi connectivity index (χ1v) is 9.50. The van der Waals surface area contributed by atoms with Gasteiger partial charge in [0.2, 0.25) is 0 Å². The Labute approximate surface area is 168 Å². The highest BCUT2D eigenvalue weighted by Crippen LogP contribution is 2.27. The molecule has 0 spiro atoms. The van der Waals surface area contributed by atoms with E-state index in [1.165, 1.54) is 5.56 Å². The Kier molecular flexibility index (Phi) is 7.32. The topological polar surface area (TPSA) is 56.8 Å². The molecule has 0 unspecified atom stereocenters. The lowest BCUT2D eigenvalue weighted by molar-refractivity contribution is -0.127. The largest absolute Gasteiger partial charge is 0.493 e. The van der Waals surface area contributed by atoms with Crippen LogP contribution >= 0.6 is 0 Å². The lowest BCUT2D eigenvalue weighted by Crippen LogP contribution is -2.37. The molecule has 0 aliphatic heterocycles. The van der Waals surface area contributed by atoms with Crippen molar-refractivity contribution in [2.24, 2.45) is 0 Å². The molecule has 0 radical (unpaired) electrons. The minimum absolute atomic E-state index is 0.0889. The van der Waals surface area contributed by atoms with Crippen LogP contribution in [0.5, 0.6) is 17.2 Å². The summed E-state index contributed by atoms with van der Waals surface area (Å²) in [7, 11) is 3.21. The highest BCUT2D eigenvalue weighted by atomic mass is 16.5. The zero-order valence-corrected chi connectivity index (χ0v) is 17.7. The molecule has 0 aliphatic carbocycles. The predicted octanol–water partition coefficient (Wildman–Crippen LogP) is 4.13. The Balaban J connectivity index is 1.84. The van der Waals surface area contributed by atoms with Crippen LogP contribution in [0.4, 0.5) is 0 Å². The van der Waals surface area contributed by atoms with Gasteiger partial charge >= 0.3 is 0 Å². The first kappa shape index (κ1) is 21.6. The van der Waals surface area contributed by atoms with Gasteiger partial charge in [-0.2, -0.15) is 0 Å². The van der Waals surface area contributed by atoms with Crippen molar-refractivity contribution >= 4 is 5.91 Å². The van der Waals surface area contributed by atoms with E-state index >= 15 is 0 Å². The van der Waals surface area contributed by atoms with Gasteiger partial charge in [0.25, 0.3) is 5.91 Å². The van der Waals surface area contributed by atoms with Gasteiger partial charge in [0.15, 0.2) is 17.6 Å². The fourth-order valence-electron chi connectivity index (χ4n) is 2.80. The van der Waals surface area contributed by atoms with Crippen LogP contribution < -0.4 is 19.5 Å². The van der Waals surface area contributed by atoms with Gasteiger partial charge in [-0.25, -0.2) is 0 Å². The molecular formula is C23H31NO4. The molecule has 1 N–H and O–H groups in total. The van der Waals surface area contributed by atoms with E-state index in [0.29, 0.717) is 30.2 Å². The summed E-state index contributed by atoms with van der Waals surface area (Å²) in [6.07, 6.45) is 0.130. The van der Waals surface area contributed by atoms with Crippen LogP contribution in [0.2, 0.25) is 0 Å². The molecule has 5 heteroatoms. The molecule has 152 valence electrons. The number of amides is 1. The zero-order chi connectivity index (χ0) is 20.7. The molecule has 2 aromatic carbocycles. The van der Waals surface area contributed by atoms with Crippen LogP contribution in [0.3, 0.4) is 0 Å². The monoisotopic (exact) mass is 385 g/mol. The fourth-order valence-corrected chi connectivity index (χ4v) is 2.80. The zero-order valence-electron chi connectivity index (χ0n) is 17.7. The van der Waals surface area contributed by atoms with Gasteiger partial charge in [-0.3, -0.25) is 4.79 Å². The van der Waals surface area contributed by atoms with Crippen molar-refractivity contribution in [1.29, 1.82) is 0 Å². The summed E-state index contributed by atoms with van der Waals surface area (Å²) in [5.41, 5.74) is 2.38. The summed E-state index contributed by atoms with van der Waals surface area (Å²) >= 11 is 0. The molecule has 0 aliphatic rings. The Bertz CT molecular complexity index is 778. The first-order chi connectivity index (χ1) is 13.2. The third-order valence-corrected chi connectivity index (χ3v) is 4.56. The van der Waals surface area contributed by atoms with Crippen LogP contribution in [-0.4, -0.2) is 32.8 Å². The maximum Gasteiger partial charge on any atom is 0.260 e. The molecule has 0 saturated heterocycles. The Morgan fingerprint density at radius 2 is 1.64 bits per heavy atom. The SMILES string of the molecule is COc1ccc(CCNC(=O)[C@H](C)Oc2ccc(C(C)(C)C)cc2)cc1OC. The van der Waals surface area contributed by atoms with Crippen LogP contribution in [-0.2, 0) is 16.6 Å². The van der Waals surface area contributed by atoms with Gasteiger partial charge in [0.05, 0.1) is 14.2 Å². The maximum absolute atomic E-state index is 12.3. The molecule has 2 rings (SSSR count). The van der Waals surface area contributed by atoms with Crippen LogP contribution in [0.1, 0.15) is 38.8 Å². The third kappa shape index (κ3) is 5.91. The van der Waals surface area contributed by atoms with Gasteiger partial charge in [-0.05, 0) is 54.2 Å². The van der Waals surface area contributed by atoms with Gasteiger partial charge in [-0.1, -0.05) is 39.0 Å². The van der Waals surface area contributed by atoms with Crippen molar-refractivity contribution in [1.82, 2.24) is 5.32 Å². The molecule has 0 fully saturated rings. The van der Waals surface area contributed by atoms with Crippen LogP contribution in [0.25, 0.3) is 0 Å². The van der Waals surface area contributed by atoms with Gasteiger partial charge in [-0.15, -0.1) is 0 Å². The second-order valence-electron chi connectivity index (χ2n) is 7.76. The number of ether oxygens (including phenoxy) is 3. The normalized spacial score (nSPS) is 12.2. The third-order valence-electron chi connectivity index (χ3n) is 4.56. The van der Waals surface area contributed by atoms with E-state index in [-0.39, 0.29) is 11.3 Å². The van der Waals surface area contributed by atoms with E-state index in [1.807, 2.05) is 42.5 Å². The standard InChI is InChI=1S/C23H31NO4/c1-16(28-19-10-8-18(9-11-19)23(2,3)4)22(25)24-14-13-17-7-12-20(26-5)21(15-17)27-6/h7-12,15-16H,13-14H2,1-6H3,(H,24,25)/t16-/m0/s1. The van der Waals surface area contributed by atoms with Crippen molar-refractivity contribution in [2.45, 2.75) is 45.6 Å². The quantitative estimate of drug-likeness (QED) is 0.742. The number of carbonyl (C=O) groups excluding carboxylic acids is 1. The average Bonchev–Trinajstić information content (AvgIpc) is 2.67. The maximum atomic E-state index is 12.3. The van der Waals surface area contributed by atoms with E-state index in [9.17, 15) is 4.79 Å². The summed E-state index contributed by atoms with van der Waals surface area (Å²) in [6.45, 7) is 8.76. The number of nitrogens with one attached hydrogen (secondary N) is 1. The molecule has 28 heavy (non-hydrogen) atoms. The van der Waals surface area contributed by atoms with Gasteiger partial charge in [0, 0.05) is 6.54 Å². The number of hydrogen-bond donors (Lipinski definition) is 1. The van der Waals surface area contributed by atoms with Gasteiger partial charge < -0.3 is 19.5 Å². The predicted molar refractivity (Wildman–Crippen MR) is 111 cm³/mol. The minimum Gasteiger partial charge on any atom is -0.493 e. The molecule has 0 heterocycles. The Hall–Kier alpha value is -2.69. The fraction of sp³-hybridized carbons (Fsp3) is 0.435. The summed E-state index contributed by atoms with van der Waals surface area (Å²) in [4.78, 5) is 12.3. The molecule has 5 nitrogen and oxygen atoms in total. The average molecular weight is 386 g/mol. The molecular weight excluding hydrogens is 354 g/mol. The summed E-state index contributed by atoms with van der Waals surface area (Å²) < 4.78 is 16.3.